The van der Waals surface area contributed by atoms with Crippen molar-refractivity contribution in [1.82, 2.24) is 15.5 Å². The van der Waals surface area contributed by atoms with E-state index in [0.29, 0.717) is 11.1 Å². The average molecular weight is 542 g/mol. The number of amides is 3. The Labute approximate surface area is 227 Å². The number of esters is 1. The number of rotatable bonds is 11. The minimum Gasteiger partial charge on any atom is -0.508 e. The number of carbonyl (C=O) groups is 4. The summed E-state index contributed by atoms with van der Waals surface area (Å²) in [5, 5.41) is 24.5. The molecule has 0 fully saturated rings. The Morgan fingerprint density at radius 2 is 1.56 bits per heavy atom. The quantitative estimate of drug-likeness (QED) is 0.250. The summed E-state index contributed by atoms with van der Waals surface area (Å²) in [5.41, 5.74) is 0.127. The van der Waals surface area contributed by atoms with E-state index in [2.05, 4.69) is 21.9 Å². The second kappa shape index (κ2) is 13.8. The topological polar surface area (TPSA) is 154 Å². The lowest BCUT2D eigenvalue weighted by atomic mass is 10.00. The van der Waals surface area contributed by atoms with Gasteiger partial charge >= 0.3 is 12.1 Å². The lowest BCUT2D eigenvalue weighted by molar-refractivity contribution is -0.144. The summed E-state index contributed by atoms with van der Waals surface area (Å²) in [7, 11) is 1.18. The number of ether oxygens (including phenoxy) is 2. The van der Waals surface area contributed by atoms with Crippen LogP contribution in [0.15, 0.2) is 61.2 Å². The summed E-state index contributed by atoms with van der Waals surface area (Å²) in [5.74, 6) is -2.04. The van der Waals surface area contributed by atoms with Crippen LogP contribution in [0.4, 0.5) is 4.79 Å². The first kappa shape index (κ1) is 30.7. The van der Waals surface area contributed by atoms with Crippen molar-refractivity contribution in [1.29, 1.82) is 0 Å². The van der Waals surface area contributed by atoms with Crippen LogP contribution >= 0.6 is 0 Å². The maximum Gasteiger partial charge on any atom is 0.408 e. The number of aromatic hydroxyl groups is 2. The Bertz CT molecular complexity index is 1160. The number of nitrogens with one attached hydrogen (secondary N) is 2. The largest absolute Gasteiger partial charge is 0.508 e. The van der Waals surface area contributed by atoms with Gasteiger partial charge in [0.05, 0.1) is 7.11 Å². The van der Waals surface area contributed by atoms with Gasteiger partial charge in [-0.15, -0.1) is 6.58 Å². The van der Waals surface area contributed by atoms with Crippen LogP contribution in [0.1, 0.15) is 37.9 Å². The number of phenols is 2. The molecular weight excluding hydrogens is 506 g/mol. The molecule has 0 aliphatic rings. The minimum atomic E-state index is -1.26. The van der Waals surface area contributed by atoms with Crippen molar-refractivity contribution in [2.24, 2.45) is 0 Å². The second-order valence-electron chi connectivity index (χ2n) is 9.64. The number of alkyl carbamates (subject to hydrolysis) is 1. The molecule has 0 aliphatic heterocycles. The van der Waals surface area contributed by atoms with E-state index in [9.17, 15) is 29.4 Å². The van der Waals surface area contributed by atoms with Crippen LogP contribution in [-0.2, 0) is 30.3 Å². The Balaban J connectivity index is 2.51. The summed E-state index contributed by atoms with van der Waals surface area (Å²) in [6.07, 6.45) is 0.594. The fourth-order valence-electron chi connectivity index (χ4n) is 3.64. The molecular formula is C28H35N3O8. The number of hydrogen-bond acceptors (Lipinski definition) is 8. The molecule has 3 amide bonds. The van der Waals surface area contributed by atoms with Crippen LogP contribution in [0, 0.1) is 0 Å². The van der Waals surface area contributed by atoms with Crippen molar-refractivity contribution in [2.75, 3.05) is 20.2 Å². The highest BCUT2D eigenvalue weighted by molar-refractivity contribution is 5.93. The van der Waals surface area contributed by atoms with Crippen LogP contribution in [0.5, 0.6) is 11.5 Å². The van der Waals surface area contributed by atoms with Gasteiger partial charge in [-0.2, -0.15) is 0 Å². The molecule has 2 atom stereocenters. The smallest absolute Gasteiger partial charge is 0.408 e. The average Bonchev–Trinajstić information content (AvgIpc) is 2.87. The number of nitrogens with zero attached hydrogens (tertiary/aromatic N) is 1. The van der Waals surface area contributed by atoms with E-state index in [1.807, 2.05) is 0 Å². The molecule has 0 bridgehead atoms. The first-order valence-corrected chi connectivity index (χ1v) is 12.2. The molecule has 210 valence electrons. The van der Waals surface area contributed by atoms with E-state index in [-0.39, 0.29) is 24.5 Å². The molecule has 0 aromatic heterocycles. The summed E-state index contributed by atoms with van der Waals surface area (Å²) in [6, 6.07) is 9.32. The predicted molar refractivity (Wildman–Crippen MR) is 143 cm³/mol. The third-order valence-corrected chi connectivity index (χ3v) is 5.38. The van der Waals surface area contributed by atoms with Crippen LogP contribution in [0.25, 0.3) is 0 Å². The summed E-state index contributed by atoms with van der Waals surface area (Å²) in [6.45, 7) is 8.21. The second-order valence-corrected chi connectivity index (χ2v) is 9.64. The summed E-state index contributed by atoms with van der Waals surface area (Å²) >= 11 is 0. The molecule has 11 heteroatoms. The summed E-state index contributed by atoms with van der Waals surface area (Å²) < 4.78 is 9.95. The van der Waals surface area contributed by atoms with Crippen LogP contribution in [0.2, 0.25) is 0 Å². The maximum atomic E-state index is 14.0. The minimum absolute atomic E-state index is 0.0120. The normalized spacial score (nSPS) is 12.4. The first-order valence-electron chi connectivity index (χ1n) is 12.2. The number of phenolic OH excluding ortho intramolecular Hbond substituents is 2. The van der Waals surface area contributed by atoms with Gasteiger partial charge in [-0.25, -0.2) is 4.79 Å². The standard InChI is InChI=1S/C28H35N3O8/c1-6-15-31(24(19-9-13-21(33)14-10-19)25(35)29-17-23(34)38-5)26(36)22(30-27(37)39-28(2,3)4)16-18-7-11-20(32)12-8-18/h6-14,22,24,32-33H,1,15-17H2,2-5H3,(H,29,35)(H,30,37). The predicted octanol–water partition coefficient (Wildman–Crippen LogP) is 2.58. The van der Waals surface area contributed by atoms with Crippen LogP contribution < -0.4 is 10.6 Å². The molecule has 2 aromatic carbocycles. The number of carbonyl (C=O) groups excluding carboxylic acids is 4. The molecule has 11 nitrogen and oxygen atoms in total. The lowest BCUT2D eigenvalue weighted by Crippen LogP contribution is -2.54. The number of benzene rings is 2. The Morgan fingerprint density at radius 3 is 2.08 bits per heavy atom. The van der Waals surface area contributed by atoms with Gasteiger partial charge in [0.1, 0.15) is 35.7 Å². The van der Waals surface area contributed by atoms with E-state index in [1.54, 1.807) is 32.9 Å². The van der Waals surface area contributed by atoms with Crippen molar-refractivity contribution in [3.05, 3.63) is 72.3 Å². The van der Waals surface area contributed by atoms with E-state index in [0.717, 1.165) is 0 Å². The molecule has 2 rings (SSSR count). The highest BCUT2D eigenvalue weighted by Gasteiger charge is 2.36. The molecule has 39 heavy (non-hydrogen) atoms. The molecule has 0 heterocycles. The summed E-state index contributed by atoms with van der Waals surface area (Å²) in [4.78, 5) is 52.9. The Hall–Kier alpha value is -4.54. The fraction of sp³-hybridized carbons (Fsp3) is 0.357. The van der Waals surface area contributed by atoms with E-state index in [1.165, 1.54) is 54.5 Å². The highest BCUT2D eigenvalue weighted by Crippen LogP contribution is 2.25. The molecule has 0 aliphatic carbocycles. The van der Waals surface area contributed by atoms with Gasteiger partial charge in [0.2, 0.25) is 11.8 Å². The van der Waals surface area contributed by atoms with Gasteiger partial charge in [0.25, 0.3) is 0 Å². The highest BCUT2D eigenvalue weighted by atomic mass is 16.6. The maximum absolute atomic E-state index is 14.0. The Kier molecular flexibility index (Phi) is 10.9. The molecule has 0 saturated carbocycles. The SMILES string of the molecule is C=CCN(C(=O)C(Cc1ccc(O)cc1)NC(=O)OC(C)(C)C)C(C(=O)NCC(=O)OC)c1ccc(O)cc1. The van der Waals surface area contributed by atoms with Crippen molar-refractivity contribution in [2.45, 2.75) is 44.9 Å². The van der Waals surface area contributed by atoms with Gasteiger partial charge in [-0.1, -0.05) is 30.3 Å². The number of hydrogen-bond donors (Lipinski definition) is 4. The molecule has 0 spiro atoms. The van der Waals surface area contributed by atoms with Gasteiger partial charge in [0, 0.05) is 13.0 Å². The van der Waals surface area contributed by atoms with Crippen molar-refractivity contribution in [3.63, 3.8) is 0 Å². The van der Waals surface area contributed by atoms with Gasteiger partial charge < -0.3 is 35.2 Å². The van der Waals surface area contributed by atoms with Crippen LogP contribution in [-0.4, -0.2) is 70.8 Å². The fourth-order valence-corrected chi connectivity index (χ4v) is 3.64. The van der Waals surface area contributed by atoms with Gasteiger partial charge in [-0.3, -0.25) is 14.4 Å². The zero-order chi connectivity index (χ0) is 29.2. The third-order valence-electron chi connectivity index (χ3n) is 5.38. The van der Waals surface area contributed by atoms with Gasteiger partial charge in [-0.05, 0) is 56.2 Å². The first-order chi connectivity index (χ1) is 18.3. The zero-order valence-electron chi connectivity index (χ0n) is 22.5. The molecule has 0 radical (unpaired) electrons. The lowest BCUT2D eigenvalue weighted by Gasteiger charge is -2.34. The number of methoxy groups -OCH3 is 1. The van der Waals surface area contributed by atoms with E-state index >= 15 is 0 Å². The monoisotopic (exact) mass is 541 g/mol. The van der Waals surface area contributed by atoms with Crippen molar-refractivity contribution < 1.29 is 38.9 Å². The molecule has 2 unspecified atom stereocenters. The van der Waals surface area contributed by atoms with E-state index < -0.39 is 48.1 Å². The van der Waals surface area contributed by atoms with E-state index in [4.69, 9.17) is 4.74 Å². The van der Waals surface area contributed by atoms with Gasteiger partial charge in [0.15, 0.2) is 0 Å². The third kappa shape index (κ3) is 9.69. The van der Waals surface area contributed by atoms with Crippen molar-refractivity contribution in [3.8, 4) is 11.5 Å². The van der Waals surface area contributed by atoms with Crippen LogP contribution in [0.3, 0.4) is 0 Å². The molecule has 0 saturated heterocycles. The Morgan fingerprint density at radius 1 is 1.00 bits per heavy atom. The zero-order valence-corrected chi connectivity index (χ0v) is 22.5. The molecule has 4 N–H and O–H groups in total. The molecule has 2 aromatic rings. The van der Waals surface area contributed by atoms with Crippen molar-refractivity contribution >= 4 is 23.9 Å².